The number of urea groups is 1. The number of benzene rings is 1. The van der Waals surface area contributed by atoms with E-state index in [1.807, 2.05) is 18.2 Å². The average Bonchev–Trinajstić information content (AvgIpc) is 2.93. The van der Waals surface area contributed by atoms with E-state index >= 15 is 0 Å². The number of carbonyl (C=O) groups is 1. The molecule has 0 radical (unpaired) electrons. The summed E-state index contributed by atoms with van der Waals surface area (Å²) in [5.41, 5.74) is 0.986. The van der Waals surface area contributed by atoms with Crippen molar-refractivity contribution in [3.05, 3.63) is 41.9 Å². The van der Waals surface area contributed by atoms with Crippen LogP contribution in [-0.4, -0.2) is 29.6 Å². The summed E-state index contributed by atoms with van der Waals surface area (Å²) in [6, 6.07) is 7.80. The molecule has 0 aliphatic rings. The van der Waals surface area contributed by atoms with Crippen molar-refractivity contribution >= 4 is 39.3 Å². The van der Waals surface area contributed by atoms with Gasteiger partial charge in [-0.2, -0.15) is 11.8 Å². The van der Waals surface area contributed by atoms with Crippen molar-refractivity contribution in [3.63, 3.8) is 0 Å². The van der Waals surface area contributed by atoms with Gasteiger partial charge in [0.05, 0.1) is 16.3 Å². The summed E-state index contributed by atoms with van der Waals surface area (Å²) >= 11 is 3.40. The van der Waals surface area contributed by atoms with Gasteiger partial charge in [-0.05, 0) is 30.6 Å². The molecule has 2 amide bonds. The molecular weight excluding hydrogens is 302 g/mol. The summed E-state index contributed by atoms with van der Waals surface area (Å²) in [5, 5.41) is 6.70. The predicted molar refractivity (Wildman–Crippen MR) is 92.1 cm³/mol. The summed E-state index contributed by atoms with van der Waals surface area (Å²) in [5.74, 6) is 0.975. The highest BCUT2D eigenvalue weighted by Gasteiger charge is 2.18. The molecule has 0 aliphatic heterocycles. The zero-order chi connectivity index (χ0) is 15.1. The SMILES string of the molecule is C=CCNC(=O)N[C@H](CCSC)c1nc2ccccc2s1. The molecular formula is C15H19N3OS2. The van der Waals surface area contributed by atoms with E-state index in [0.717, 1.165) is 27.4 Å². The molecule has 2 N–H and O–H groups in total. The number of nitrogens with zero attached hydrogens (tertiary/aromatic N) is 1. The molecule has 0 spiro atoms. The first-order valence-electron chi connectivity index (χ1n) is 6.74. The molecule has 0 unspecified atom stereocenters. The maximum atomic E-state index is 11.9. The van der Waals surface area contributed by atoms with Crippen LogP contribution in [0.3, 0.4) is 0 Å². The zero-order valence-corrected chi connectivity index (χ0v) is 13.6. The van der Waals surface area contributed by atoms with Gasteiger partial charge in [0, 0.05) is 6.54 Å². The van der Waals surface area contributed by atoms with Crippen molar-refractivity contribution in [1.29, 1.82) is 0 Å². The molecule has 0 aliphatic carbocycles. The molecule has 0 saturated heterocycles. The van der Waals surface area contributed by atoms with E-state index in [-0.39, 0.29) is 12.1 Å². The van der Waals surface area contributed by atoms with Crippen LogP contribution < -0.4 is 10.6 Å². The van der Waals surface area contributed by atoms with Gasteiger partial charge < -0.3 is 10.6 Å². The zero-order valence-electron chi connectivity index (χ0n) is 12.0. The standard InChI is InChI=1S/C15H19N3OS2/c1-3-9-16-15(19)18-12(8-10-20-2)14-17-11-6-4-5-7-13(11)21-14/h3-7,12H,1,8-10H2,2H3,(H2,16,18,19)/t12-/m1/s1. The smallest absolute Gasteiger partial charge is 0.315 e. The largest absolute Gasteiger partial charge is 0.335 e. The molecule has 2 rings (SSSR count). The van der Waals surface area contributed by atoms with E-state index in [1.165, 1.54) is 0 Å². The summed E-state index contributed by atoms with van der Waals surface area (Å²) in [7, 11) is 0. The van der Waals surface area contributed by atoms with Gasteiger partial charge in [-0.25, -0.2) is 9.78 Å². The number of amides is 2. The Kier molecular flexibility index (Phi) is 6.07. The monoisotopic (exact) mass is 321 g/mol. The molecule has 1 atom stereocenters. The van der Waals surface area contributed by atoms with Gasteiger partial charge in [-0.15, -0.1) is 17.9 Å². The van der Waals surface area contributed by atoms with Crippen molar-refractivity contribution in [1.82, 2.24) is 15.6 Å². The number of rotatable bonds is 7. The number of thioether (sulfide) groups is 1. The number of hydrogen-bond acceptors (Lipinski definition) is 4. The van der Waals surface area contributed by atoms with Crippen molar-refractivity contribution in [2.24, 2.45) is 0 Å². The van der Waals surface area contributed by atoms with Crippen molar-refractivity contribution < 1.29 is 4.79 Å². The van der Waals surface area contributed by atoms with Gasteiger partial charge in [0.1, 0.15) is 5.01 Å². The molecule has 21 heavy (non-hydrogen) atoms. The summed E-state index contributed by atoms with van der Waals surface area (Å²) in [4.78, 5) is 16.5. The number of carbonyl (C=O) groups excluding carboxylic acids is 1. The Morgan fingerprint density at radius 1 is 1.52 bits per heavy atom. The number of fused-ring (bicyclic) bond motifs is 1. The second kappa shape index (κ2) is 8.05. The van der Waals surface area contributed by atoms with Gasteiger partial charge in [-0.1, -0.05) is 18.2 Å². The second-order valence-corrected chi connectivity index (χ2v) is 6.54. The van der Waals surface area contributed by atoms with Gasteiger partial charge in [0.2, 0.25) is 0 Å². The quantitative estimate of drug-likeness (QED) is 0.767. The number of para-hydroxylation sites is 1. The minimum atomic E-state index is -0.180. The lowest BCUT2D eigenvalue weighted by atomic mass is 10.2. The molecule has 1 aromatic heterocycles. The van der Waals surface area contributed by atoms with Crippen LogP contribution in [0.25, 0.3) is 10.2 Å². The molecule has 0 fully saturated rings. The van der Waals surface area contributed by atoms with Gasteiger partial charge in [-0.3, -0.25) is 0 Å². The van der Waals surface area contributed by atoms with Crippen LogP contribution in [0.2, 0.25) is 0 Å². The third kappa shape index (κ3) is 4.47. The van der Waals surface area contributed by atoms with Crippen molar-refractivity contribution in [3.8, 4) is 0 Å². The highest BCUT2D eigenvalue weighted by Crippen LogP contribution is 2.28. The number of thiazole rings is 1. The number of hydrogen-bond donors (Lipinski definition) is 2. The van der Waals surface area contributed by atoms with Gasteiger partial charge >= 0.3 is 6.03 Å². The van der Waals surface area contributed by atoms with Gasteiger partial charge in [0.25, 0.3) is 0 Å². The molecule has 1 heterocycles. The fourth-order valence-corrected chi connectivity index (χ4v) is 3.43. The van der Waals surface area contributed by atoms with E-state index in [1.54, 1.807) is 29.2 Å². The Balaban J connectivity index is 2.14. The van der Waals surface area contributed by atoms with Crippen LogP contribution in [0, 0.1) is 0 Å². The summed E-state index contributed by atoms with van der Waals surface area (Å²) in [6.07, 6.45) is 4.59. The summed E-state index contributed by atoms with van der Waals surface area (Å²) < 4.78 is 1.15. The third-order valence-electron chi connectivity index (χ3n) is 2.93. The molecule has 6 heteroatoms. The Labute approximate surface area is 133 Å². The highest BCUT2D eigenvalue weighted by atomic mass is 32.2. The van der Waals surface area contributed by atoms with E-state index in [0.29, 0.717) is 6.54 Å². The molecule has 0 bridgehead atoms. The normalized spacial score (nSPS) is 12.0. The van der Waals surface area contributed by atoms with Crippen LogP contribution in [0.15, 0.2) is 36.9 Å². The molecule has 112 valence electrons. The molecule has 4 nitrogen and oxygen atoms in total. The lowest BCUT2D eigenvalue weighted by Gasteiger charge is -2.16. The highest BCUT2D eigenvalue weighted by molar-refractivity contribution is 7.98. The number of aromatic nitrogens is 1. The fourth-order valence-electron chi connectivity index (χ4n) is 1.91. The van der Waals surface area contributed by atoms with E-state index in [2.05, 4.69) is 34.5 Å². The maximum absolute atomic E-state index is 11.9. The van der Waals surface area contributed by atoms with Crippen LogP contribution in [0.1, 0.15) is 17.5 Å². The molecule has 2 aromatic rings. The van der Waals surface area contributed by atoms with E-state index < -0.39 is 0 Å². The minimum absolute atomic E-state index is 0.0559. The lowest BCUT2D eigenvalue weighted by molar-refractivity contribution is 0.238. The van der Waals surface area contributed by atoms with Crippen molar-refractivity contribution in [2.75, 3.05) is 18.6 Å². The van der Waals surface area contributed by atoms with E-state index in [4.69, 9.17) is 0 Å². The topological polar surface area (TPSA) is 54.0 Å². The van der Waals surface area contributed by atoms with E-state index in [9.17, 15) is 4.79 Å². The predicted octanol–water partition coefficient (Wildman–Crippen LogP) is 3.58. The first-order chi connectivity index (χ1) is 10.2. The van der Waals surface area contributed by atoms with Crippen LogP contribution >= 0.6 is 23.1 Å². The maximum Gasteiger partial charge on any atom is 0.315 e. The average molecular weight is 321 g/mol. The summed E-state index contributed by atoms with van der Waals surface area (Å²) in [6.45, 7) is 4.05. The minimum Gasteiger partial charge on any atom is -0.335 e. The number of nitrogens with one attached hydrogen (secondary N) is 2. The lowest BCUT2D eigenvalue weighted by Crippen LogP contribution is -2.38. The second-order valence-electron chi connectivity index (χ2n) is 4.50. The Morgan fingerprint density at radius 2 is 2.33 bits per heavy atom. The van der Waals surface area contributed by atoms with Crippen molar-refractivity contribution in [2.45, 2.75) is 12.5 Å². The molecule has 0 saturated carbocycles. The first-order valence-corrected chi connectivity index (χ1v) is 8.95. The fraction of sp³-hybridized carbons (Fsp3) is 0.333. The van der Waals surface area contributed by atoms with Crippen LogP contribution in [0.4, 0.5) is 4.79 Å². The Bertz CT molecular complexity index is 579. The van der Waals surface area contributed by atoms with Gasteiger partial charge in [0.15, 0.2) is 0 Å². The molecule has 1 aromatic carbocycles. The Hall–Kier alpha value is -1.53. The Morgan fingerprint density at radius 3 is 3.05 bits per heavy atom. The third-order valence-corrected chi connectivity index (χ3v) is 4.73. The van der Waals surface area contributed by atoms with Crippen LogP contribution in [-0.2, 0) is 0 Å². The first kappa shape index (κ1) is 15.9. The van der Waals surface area contributed by atoms with Crippen LogP contribution in [0.5, 0.6) is 0 Å².